The molecule has 26 heavy (non-hydrogen) atoms. The summed E-state index contributed by atoms with van der Waals surface area (Å²) in [5, 5.41) is 6.60. The molecule has 6 nitrogen and oxygen atoms in total. The molecule has 0 saturated heterocycles. The van der Waals surface area contributed by atoms with E-state index in [-0.39, 0.29) is 12.5 Å². The number of carbonyl (C=O) groups excluding carboxylic acids is 2. The van der Waals surface area contributed by atoms with Crippen LogP contribution in [0.25, 0.3) is 10.2 Å². The van der Waals surface area contributed by atoms with Crippen molar-refractivity contribution in [2.45, 2.75) is 51.0 Å². The highest BCUT2D eigenvalue weighted by Gasteiger charge is 2.20. The number of nitrogens with zero attached hydrogens (tertiary/aromatic N) is 1. The minimum atomic E-state index is -0.735. The van der Waals surface area contributed by atoms with E-state index < -0.39 is 11.9 Å². The normalized spacial score (nSPS) is 16.3. The number of hydrogen-bond acceptors (Lipinski definition) is 5. The van der Waals surface area contributed by atoms with Gasteiger partial charge in [-0.1, -0.05) is 55.6 Å². The lowest BCUT2D eigenvalue weighted by atomic mass is 9.86. The third kappa shape index (κ3) is 5.17. The van der Waals surface area contributed by atoms with E-state index >= 15 is 0 Å². The van der Waals surface area contributed by atoms with Crippen LogP contribution in [0.2, 0.25) is 0 Å². The summed E-state index contributed by atoms with van der Waals surface area (Å²) in [6, 6.07) is 7.10. The number of anilines is 1. The SMILES string of the molecule is NC(=O)C(CNc1nc2ccccc2s1)NC(=O)CCC1CCCCC1. The van der Waals surface area contributed by atoms with Gasteiger partial charge in [-0.2, -0.15) is 0 Å². The van der Waals surface area contributed by atoms with Gasteiger partial charge in [-0.25, -0.2) is 4.98 Å². The summed E-state index contributed by atoms with van der Waals surface area (Å²) in [4.78, 5) is 28.3. The zero-order valence-electron chi connectivity index (χ0n) is 14.9. The minimum Gasteiger partial charge on any atom is -0.368 e. The monoisotopic (exact) mass is 374 g/mol. The van der Waals surface area contributed by atoms with Crippen LogP contribution in [0.15, 0.2) is 24.3 Å². The van der Waals surface area contributed by atoms with Gasteiger partial charge in [0.25, 0.3) is 0 Å². The van der Waals surface area contributed by atoms with Crippen molar-refractivity contribution in [3.05, 3.63) is 24.3 Å². The molecule has 0 radical (unpaired) electrons. The predicted molar refractivity (Wildman–Crippen MR) is 105 cm³/mol. The quantitative estimate of drug-likeness (QED) is 0.661. The zero-order valence-corrected chi connectivity index (χ0v) is 15.7. The number of nitrogens with two attached hydrogens (primary N) is 1. The Labute approximate surface area is 157 Å². The molecule has 1 saturated carbocycles. The first-order chi connectivity index (χ1) is 12.6. The number of thiazole rings is 1. The van der Waals surface area contributed by atoms with Crippen LogP contribution in [0.5, 0.6) is 0 Å². The van der Waals surface area contributed by atoms with Crippen molar-refractivity contribution < 1.29 is 9.59 Å². The Hall–Kier alpha value is -2.15. The number of carbonyl (C=O) groups is 2. The number of hydrogen-bond donors (Lipinski definition) is 3. The van der Waals surface area contributed by atoms with Gasteiger partial charge in [-0.3, -0.25) is 9.59 Å². The van der Waals surface area contributed by atoms with Crippen LogP contribution in [-0.2, 0) is 9.59 Å². The molecule has 4 N–H and O–H groups in total. The molecule has 1 fully saturated rings. The molecule has 0 aliphatic heterocycles. The maximum absolute atomic E-state index is 12.2. The molecule has 1 aliphatic rings. The smallest absolute Gasteiger partial charge is 0.241 e. The molecule has 3 rings (SSSR count). The van der Waals surface area contributed by atoms with Gasteiger partial charge in [0.05, 0.1) is 10.2 Å². The number of para-hydroxylation sites is 1. The van der Waals surface area contributed by atoms with Crippen molar-refractivity contribution in [1.29, 1.82) is 0 Å². The van der Waals surface area contributed by atoms with E-state index in [1.807, 2.05) is 24.3 Å². The second-order valence-electron chi connectivity index (χ2n) is 6.93. The average Bonchev–Trinajstić information content (AvgIpc) is 3.07. The summed E-state index contributed by atoms with van der Waals surface area (Å²) in [5.74, 6) is -0.00231. The van der Waals surface area contributed by atoms with E-state index in [0.29, 0.717) is 17.5 Å². The predicted octanol–water partition coefficient (Wildman–Crippen LogP) is 3.04. The Morgan fingerprint density at radius 2 is 2.00 bits per heavy atom. The molecular formula is C19H26N4O2S. The number of primary amides is 1. The minimum absolute atomic E-state index is 0.106. The molecule has 0 bridgehead atoms. The fraction of sp³-hybridized carbons (Fsp3) is 0.526. The lowest BCUT2D eigenvalue weighted by molar-refractivity contribution is -0.127. The van der Waals surface area contributed by atoms with Crippen molar-refractivity contribution in [2.24, 2.45) is 11.7 Å². The van der Waals surface area contributed by atoms with Crippen molar-refractivity contribution in [3.63, 3.8) is 0 Å². The largest absolute Gasteiger partial charge is 0.368 e. The Morgan fingerprint density at radius 1 is 1.23 bits per heavy atom. The third-order valence-electron chi connectivity index (χ3n) is 4.93. The highest BCUT2D eigenvalue weighted by atomic mass is 32.1. The van der Waals surface area contributed by atoms with E-state index in [1.165, 1.54) is 43.4 Å². The maximum Gasteiger partial charge on any atom is 0.241 e. The molecule has 1 aromatic carbocycles. The van der Waals surface area contributed by atoms with Gasteiger partial charge < -0.3 is 16.4 Å². The lowest BCUT2D eigenvalue weighted by Gasteiger charge is -2.21. The summed E-state index contributed by atoms with van der Waals surface area (Å²) in [6.07, 6.45) is 7.62. The van der Waals surface area contributed by atoms with Crippen molar-refractivity contribution in [2.75, 3.05) is 11.9 Å². The van der Waals surface area contributed by atoms with Gasteiger partial charge in [0.1, 0.15) is 6.04 Å². The summed E-state index contributed by atoms with van der Waals surface area (Å²) < 4.78 is 1.07. The van der Waals surface area contributed by atoms with Crippen LogP contribution in [0, 0.1) is 5.92 Å². The van der Waals surface area contributed by atoms with E-state index in [2.05, 4.69) is 15.6 Å². The van der Waals surface area contributed by atoms with Crippen molar-refractivity contribution in [1.82, 2.24) is 10.3 Å². The van der Waals surface area contributed by atoms with Crippen LogP contribution in [-0.4, -0.2) is 29.4 Å². The first-order valence-corrected chi connectivity index (χ1v) is 10.1. The maximum atomic E-state index is 12.2. The fourth-order valence-electron chi connectivity index (χ4n) is 3.44. The van der Waals surface area contributed by atoms with Crippen LogP contribution in [0.4, 0.5) is 5.13 Å². The molecule has 1 aromatic heterocycles. The number of benzene rings is 1. The zero-order chi connectivity index (χ0) is 18.4. The molecule has 2 amide bonds. The Morgan fingerprint density at radius 3 is 2.73 bits per heavy atom. The van der Waals surface area contributed by atoms with Crippen molar-refractivity contribution in [3.8, 4) is 0 Å². The second-order valence-corrected chi connectivity index (χ2v) is 7.96. The fourth-order valence-corrected chi connectivity index (χ4v) is 4.31. The summed E-state index contributed by atoms with van der Waals surface area (Å²) in [7, 11) is 0. The highest BCUT2D eigenvalue weighted by molar-refractivity contribution is 7.22. The van der Waals surface area contributed by atoms with E-state index in [4.69, 9.17) is 5.73 Å². The summed E-state index contributed by atoms with van der Waals surface area (Å²) >= 11 is 1.51. The number of rotatable bonds is 8. The van der Waals surface area contributed by atoms with Gasteiger partial charge in [0, 0.05) is 13.0 Å². The molecule has 1 aliphatic carbocycles. The van der Waals surface area contributed by atoms with E-state index in [0.717, 1.165) is 16.6 Å². The molecule has 1 heterocycles. The Bertz CT molecular complexity index is 722. The highest BCUT2D eigenvalue weighted by Crippen LogP contribution is 2.27. The van der Waals surface area contributed by atoms with Gasteiger partial charge in [-0.15, -0.1) is 0 Å². The van der Waals surface area contributed by atoms with Gasteiger partial charge >= 0.3 is 0 Å². The van der Waals surface area contributed by atoms with Crippen LogP contribution in [0.1, 0.15) is 44.9 Å². The molecule has 140 valence electrons. The first-order valence-electron chi connectivity index (χ1n) is 9.30. The second kappa shape index (κ2) is 8.98. The Balaban J connectivity index is 1.48. The van der Waals surface area contributed by atoms with Crippen LogP contribution in [0.3, 0.4) is 0 Å². The number of aromatic nitrogens is 1. The average molecular weight is 375 g/mol. The number of amides is 2. The lowest BCUT2D eigenvalue weighted by Crippen LogP contribution is -2.48. The van der Waals surface area contributed by atoms with Gasteiger partial charge in [-0.05, 0) is 24.5 Å². The molecule has 1 unspecified atom stereocenters. The molecule has 7 heteroatoms. The Kier molecular flexibility index (Phi) is 6.44. The number of nitrogens with one attached hydrogen (secondary N) is 2. The summed E-state index contributed by atoms with van der Waals surface area (Å²) in [6.45, 7) is 0.240. The topological polar surface area (TPSA) is 97.1 Å². The van der Waals surface area contributed by atoms with Gasteiger partial charge in [0.15, 0.2) is 5.13 Å². The van der Waals surface area contributed by atoms with E-state index in [1.54, 1.807) is 0 Å². The molecule has 0 spiro atoms. The summed E-state index contributed by atoms with van der Waals surface area (Å²) in [5.41, 5.74) is 6.36. The van der Waals surface area contributed by atoms with E-state index in [9.17, 15) is 9.59 Å². The third-order valence-corrected chi connectivity index (χ3v) is 5.93. The number of fused-ring (bicyclic) bond motifs is 1. The van der Waals surface area contributed by atoms with Crippen LogP contribution < -0.4 is 16.4 Å². The molecular weight excluding hydrogens is 348 g/mol. The molecule has 2 aromatic rings. The molecule has 1 atom stereocenters. The first kappa shape index (κ1) is 18.6. The van der Waals surface area contributed by atoms with Crippen LogP contribution >= 0.6 is 11.3 Å². The van der Waals surface area contributed by atoms with Crippen molar-refractivity contribution >= 4 is 38.5 Å². The van der Waals surface area contributed by atoms with Gasteiger partial charge in [0.2, 0.25) is 11.8 Å². The standard InChI is InChI=1S/C19H26N4O2S/c20-18(25)15(22-17(24)11-10-13-6-2-1-3-7-13)12-21-19-23-14-8-4-5-9-16(14)26-19/h4-5,8-9,13,15H,1-3,6-7,10-12H2,(H2,20,25)(H,21,23)(H,22,24).